The first-order valence-electron chi connectivity index (χ1n) is 8.90. The molecular formula is C23H16FN3O2. The summed E-state index contributed by atoms with van der Waals surface area (Å²) in [6, 6.07) is 22.3. The van der Waals surface area contributed by atoms with Gasteiger partial charge < -0.3 is 10.1 Å². The van der Waals surface area contributed by atoms with E-state index in [1.165, 1.54) is 18.2 Å². The van der Waals surface area contributed by atoms with Gasteiger partial charge in [0.1, 0.15) is 11.6 Å². The lowest BCUT2D eigenvalue weighted by Crippen LogP contribution is -2.12. The predicted octanol–water partition coefficient (Wildman–Crippen LogP) is 5.33. The molecular weight excluding hydrogens is 369 g/mol. The zero-order chi connectivity index (χ0) is 20.1. The Labute approximate surface area is 166 Å². The molecule has 1 amide bonds. The Morgan fingerprint density at radius 2 is 1.59 bits per heavy atom. The predicted molar refractivity (Wildman–Crippen MR) is 108 cm³/mol. The number of aromatic nitrogens is 2. The van der Waals surface area contributed by atoms with E-state index in [0.29, 0.717) is 17.0 Å². The molecule has 1 heterocycles. The van der Waals surface area contributed by atoms with Crippen molar-refractivity contribution < 1.29 is 13.9 Å². The Morgan fingerprint density at radius 3 is 2.34 bits per heavy atom. The van der Waals surface area contributed by atoms with Gasteiger partial charge in [0.15, 0.2) is 0 Å². The van der Waals surface area contributed by atoms with E-state index in [-0.39, 0.29) is 11.9 Å². The van der Waals surface area contributed by atoms with Crippen LogP contribution in [-0.2, 0) is 0 Å². The Kier molecular flexibility index (Phi) is 5.25. The zero-order valence-electron chi connectivity index (χ0n) is 15.2. The summed E-state index contributed by atoms with van der Waals surface area (Å²) in [7, 11) is 0. The smallest absolute Gasteiger partial charge is 0.321 e. The first-order chi connectivity index (χ1) is 14.2. The first-order valence-corrected chi connectivity index (χ1v) is 8.90. The first kappa shape index (κ1) is 18.3. The summed E-state index contributed by atoms with van der Waals surface area (Å²) < 4.78 is 18.9. The molecule has 5 nitrogen and oxygen atoms in total. The van der Waals surface area contributed by atoms with Gasteiger partial charge in [0.25, 0.3) is 5.91 Å². The fourth-order valence-electron chi connectivity index (χ4n) is 2.72. The van der Waals surface area contributed by atoms with E-state index in [2.05, 4.69) is 15.3 Å². The number of amides is 1. The van der Waals surface area contributed by atoms with Crippen molar-refractivity contribution in [2.45, 2.75) is 0 Å². The van der Waals surface area contributed by atoms with Crippen LogP contribution >= 0.6 is 0 Å². The highest BCUT2D eigenvalue weighted by Crippen LogP contribution is 2.22. The topological polar surface area (TPSA) is 64.1 Å². The number of carbonyl (C=O) groups excluding carboxylic acids is 1. The summed E-state index contributed by atoms with van der Waals surface area (Å²) in [4.78, 5) is 20.9. The molecule has 29 heavy (non-hydrogen) atoms. The van der Waals surface area contributed by atoms with Gasteiger partial charge in [-0.3, -0.25) is 4.79 Å². The number of nitrogens with one attached hydrogen (secondary N) is 1. The fourth-order valence-corrected chi connectivity index (χ4v) is 2.72. The molecule has 0 spiro atoms. The number of hydrogen-bond donors (Lipinski definition) is 1. The molecule has 0 saturated carbocycles. The molecule has 0 aliphatic rings. The minimum Gasteiger partial charge on any atom is -0.424 e. The number of rotatable bonds is 5. The molecule has 0 atom stereocenters. The minimum absolute atomic E-state index is 0.236. The summed E-state index contributed by atoms with van der Waals surface area (Å²) in [5.41, 5.74) is 2.36. The molecule has 1 N–H and O–H groups in total. The molecule has 3 aromatic carbocycles. The molecule has 0 aliphatic carbocycles. The van der Waals surface area contributed by atoms with E-state index in [9.17, 15) is 9.18 Å². The van der Waals surface area contributed by atoms with Gasteiger partial charge in [0.2, 0.25) is 0 Å². The van der Waals surface area contributed by atoms with Crippen molar-refractivity contribution in [2.24, 2.45) is 0 Å². The molecule has 4 aromatic rings. The van der Waals surface area contributed by atoms with Crippen molar-refractivity contribution in [3.63, 3.8) is 0 Å². The molecule has 0 saturated heterocycles. The van der Waals surface area contributed by atoms with E-state index < -0.39 is 5.82 Å². The fraction of sp³-hybridized carbons (Fsp3) is 0. The van der Waals surface area contributed by atoms with Gasteiger partial charge in [-0.15, -0.1) is 0 Å². The molecule has 0 bridgehead atoms. The number of para-hydroxylation sites is 1. The maximum absolute atomic E-state index is 13.3. The van der Waals surface area contributed by atoms with Crippen LogP contribution in [0.5, 0.6) is 11.8 Å². The Bertz CT molecular complexity index is 1130. The van der Waals surface area contributed by atoms with Crippen LogP contribution in [-0.4, -0.2) is 15.9 Å². The third kappa shape index (κ3) is 4.62. The number of ether oxygens (including phenoxy) is 1. The molecule has 6 heteroatoms. The van der Waals surface area contributed by atoms with Crippen LogP contribution in [0, 0.1) is 5.82 Å². The van der Waals surface area contributed by atoms with Crippen LogP contribution in [0.2, 0.25) is 0 Å². The molecule has 0 fully saturated rings. The normalized spacial score (nSPS) is 10.4. The van der Waals surface area contributed by atoms with Crippen LogP contribution in [0.25, 0.3) is 11.1 Å². The van der Waals surface area contributed by atoms with Crippen molar-refractivity contribution in [1.29, 1.82) is 0 Å². The highest BCUT2D eigenvalue weighted by molar-refractivity contribution is 6.04. The van der Waals surface area contributed by atoms with Gasteiger partial charge >= 0.3 is 6.01 Å². The van der Waals surface area contributed by atoms with Crippen LogP contribution in [0.1, 0.15) is 10.4 Å². The third-order valence-corrected chi connectivity index (χ3v) is 4.12. The largest absolute Gasteiger partial charge is 0.424 e. The number of nitrogens with zero attached hydrogens (tertiary/aromatic N) is 2. The Morgan fingerprint density at radius 1 is 0.828 bits per heavy atom. The third-order valence-electron chi connectivity index (χ3n) is 4.12. The maximum Gasteiger partial charge on any atom is 0.321 e. The quantitative estimate of drug-likeness (QED) is 0.504. The maximum atomic E-state index is 13.3. The summed E-state index contributed by atoms with van der Waals surface area (Å²) in [5, 5.41) is 2.68. The van der Waals surface area contributed by atoms with Crippen LogP contribution in [0.4, 0.5) is 10.1 Å². The van der Waals surface area contributed by atoms with Gasteiger partial charge in [-0.1, -0.05) is 36.4 Å². The number of carbonyl (C=O) groups is 1. The van der Waals surface area contributed by atoms with E-state index in [1.807, 2.05) is 36.4 Å². The van der Waals surface area contributed by atoms with Gasteiger partial charge in [0, 0.05) is 29.2 Å². The van der Waals surface area contributed by atoms with Crippen molar-refractivity contribution in [1.82, 2.24) is 9.97 Å². The van der Waals surface area contributed by atoms with Gasteiger partial charge in [-0.05, 0) is 48.0 Å². The summed E-state index contributed by atoms with van der Waals surface area (Å²) in [6.07, 6.45) is 3.27. The summed E-state index contributed by atoms with van der Waals surface area (Å²) >= 11 is 0. The Balaban J connectivity index is 1.50. The SMILES string of the molecule is O=C(Nc1cccc(F)c1)c1cccc(-c2cnc(Oc3ccccc3)nc2)c1. The van der Waals surface area contributed by atoms with Gasteiger partial charge in [-0.25, -0.2) is 14.4 Å². The van der Waals surface area contributed by atoms with E-state index >= 15 is 0 Å². The Hall–Kier alpha value is -4.06. The standard InChI is InChI=1S/C23H16FN3O2/c24-19-8-5-9-20(13-19)27-22(28)17-7-4-6-16(12-17)18-14-25-23(26-15-18)29-21-10-2-1-3-11-21/h1-15H,(H,27,28). The average Bonchev–Trinajstić information content (AvgIpc) is 2.75. The van der Waals surface area contributed by atoms with Crippen LogP contribution in [0.15, 0.2) is 91.3 Å². The second-order valence-corrected chi connectivity index (χ2v) is 6.21. The second kappa shape index (κ2) is 8.31. The number of benzene rings is 3. The van der Waals surface area contributed by atoms with Crippen molar-refractivity contribution in [2.75, 3.05) is 5.32 Å². The number of anilines is 1. The van der Waals surface area contributed by atoms with E-state index in [0.717, 1.165) is 11.1 Å². The molecule has 0 unspecified atom stereocenters. The van der Waals surface area contributed by atoms with Crippen molar-refractivity contribution >= 4 is 11.6 Å². The molecule has 4 rings (SSSR count). The van der Waals surface area contributed by atoms with Crippen LogP contribution < -0.4 is 10.1 Å². The highest BCUT2D eigenvalue weighted by Gasteiger charge is 2.09. The van der Waals surface area contributed by atoms with Crippen molar-refractivity contribution in [3.8, 4) is 22.9 Å². The van der Waals surface area contributed by atoms with E-state index in [4.69, 9.17) is 4.74 Å². The van der Waals surface area contributed by atoms with E-state index in [1.54, 1.807) is 36.7 Å². The summed E-state index contributed by atoms with van der Waals surface area (Å²) in [6.45, 7) is 0. The lowest BCUT2D eigenvalue weighted by Gasteiger charge is -2.08. The van der Waals surface area contributed by atoms with Gasteiger partial charge in [0.05, 0.1) is 0 Å². The molecule has 142 valence electrons. The number of hydrogen-bond acceptors (Lipinski definition) is 4. The lowest BCUT2D eigenvalue weighted by atomic mass is 10.1. The second-order valence-electron chi connectivity index (χ2n) is 6.21. The average molecular weight is 385 g/mol. The van der Waals surface area contributed by atoms with Gasteiger partial charge in [-0.2, -0.15) is 0 Å². The lowest BCUT2D eigenvalue weighted by molar-refractivity contribution is 0.102. The molecule has 0 aliphatic heterocycles. The van der Waals surface area contributed by atoms with Crippen molar-refractivity contribution in [3.05, 3.63) is 103 Å². The number of halogens is 1. The highest BCUT2D eigenvalue weighted by atomic mass is 19.1. The molecule has 1 aromatic heterocycles. The summed E-state index contributed by atoms with van der Waals surface area (Å²) in [5.74, 6) is -0.0924. The minimum atomic E-state index is -0.411. The van der Waals surface area contributed by atoms with Crippen LogP contribution in [0.3, 0.4) is 0 Å². The zero-order valence-corrected chi connectivity index (χ0v) is 15.2. The monoisotopic (exact) mass is 385 g/mol. The molecule has 0 radical (unpaired) electrons.